The van der Waals surface area contributed by atoms with E-state index in [2.05, 4.69) is 20.6 Å². The van der Waals surface area contributed by atoms with Crippen LogP contribution < -0.4 is 10.6 Å². The summed E-state index contributed by atoms with van der Waals surface area (Å²) in [5.41, 5.74) is 1.13. The van der Waals surface area contributed by atoms with Crippen LogP contribution in [0, 0.1) is 0 Å². The molecule has 0 aliphatic heterocycles. The summed E-state index contributed by atoms with van der Waals surface area (Å²) < 4.78 is 0. The molecule has 0 bridgehead atoms. The van der Waals surface area contributed by atoms with E-state index in [1.165, 1.54) is 6.20 Å². The topological polar surface area (TPSA) is 66.9 Å². The zero-order valence-electron chi connectivity index (χ0n) is 11.9. The van der Waals surface area contributed by atoms with Crippen LogP contribution in [0.3, 0.4) is 0 Å². The van der Waals surface area contributed by atoms with Crippen LogP contribution in [0.2, 0.25) is 5.02 Å². The molecule has 0 fully saturated rings. The Bertz CT molecular complexity index is 633. The van der Waals surface area contributed by atoms with Gasteiger partial charge in [0.2, 0.25) is 0 Å². The van der Waals surface area contributed by atoms with Crippen molar-refractivity contribution < 1.29 is 4.79 Å². The molecule has 21 heavy (non-hydrogen) atoms. The molecule has 1 heterocycles. The second-order valence-electron chi connectivity index (χ2n) is 4.54. The van der Waals surface area contributed by atoms with Gasteiger partial charge < -0.3 is 10.6 Å². The summed E-state index contributed by atoms with van der Waals surface area (Å²) in [7, 11) is 0. The van der Waals surface area contributed by atoms with Crippen LogP contribution in [-0.4, -0.2) is 22.4 Å². The number of nitrogens with zero attached hydrogens (tertiary/aromatic N) is 2. The molecule has 1 amide bonds. The molecule has 2 N–H and O–H groups in total. The lowest BCUT2D eigenvalue weighted by Crippen LogP contribution is -2.28. The van der Waals surface area contributed by atoms with Crippen molar-refractivity contribution in [2.75, 3.05) is 11.9 Å². The van der Waals surface area contributed by atoms with Crippen molar-refractivity contribution in [1.29, 1.82) is 0 Å². The first-order valence-corrected chi connectivity index (χ1v) is 7.10. The summed E-state index contributed by atoms with van der Waals surface area (Å²) in [5, 5.41) is 6.51. The first-order chi connectivity index (χ1) is 10.1. The van der Waals surface area contributed by atoms with Crippen molar-refractivity contribution >= 4 is 23.3 Å². The average molecular weight is 305 g/mol. The zero-order chi connectivity index (χ0) is 15.2. The standard InChI is InChI=1S/C15H17ClN4O/c1-3-18-14-9-17-8-13(20-14)15(21)19-10(2)11-6-4-5-7-12(11)16/h4-10H,3H2,1-2H3,(H,18,20)(H,19,21). The van der Waals surface area contributed by atoms with E-state index in [4.69, 9.17) is 11.6 Å². The Morgan fingerprint density at radius 3 is 2.81 bits per heavy atom. The highest BCUT2D eigenvalue weighted by atomic mass is 35.5. The Hall–Kier alpha value is -2.14. The summed E-state index contributed by atoms with van der Waals surface area (Å²) in [6, 6.07) is 7.20. The van der Waals surface area contributed by atoms with Crippen molar-refractivity contribution in [1.82, 2.24) is 15.3 Å². The number of halogens is 1. The number of rotatable bonds is 5. The van der Waals surface area contributed by atoms with Crippen LogP contribution in [0.15, 0.2) is 36.7 Å². The molecule has 6 heteroatoms. The summed E-state index contributed by atoms with van der Waals surface area (Å²) in [4.78, 5) is 20.4. The molecule has 0 saturated heterocycles. The normalized spacial score (nSPS) is 11.8. The fourth-order valence-corrected chi connectivity index (χ4v) is 2.22. The van der Waals surface area contributed by atoms with Gasteiger partial charge in [-0.05, 0) is 25.5 Å². The van der Waals surface area contributed by atoms with Gasteiger partial charge in [-0.2, -0.15) is 0 Å². The predicted molar refractivity (Wildman–Crippen MR) is 83.5 cm³/mol. The van der Waals surface area contributed by atoms with E-state index in [1.54, 1.807) is 12.3 Å². The van der Waals surface area contributed by atoms with Crippen molar-refractivity contribution in [3.63, 3.8) is 0 Å². The van der Waals surface area contributed by atoms with Gasteiger partial charge in [0.05, 0.1) is 18.4 Å². The maximum Gasteiger partial charge on any atom is 0.272 e. The van der Waals surface area contributed by atoms with Crippen molar-refractivity contribution in [3.05, 3.63) is 52.9 Å². The molecule has 1 aromatic heterocycles. The fraction of sp³-hybridized carbons (Fsp3) is 0.267. The minimum Gasteiger partial charge on any atom is -0.369 e. The molecular formula is C15H17ClN4O. The molecule has 0 aliphatic rings. The van der Waals surface area contributed by atoms with Gasteiger partial charge >= 0.3 is 0 Å². The van der Waals surface area contributed by atoms with Crippen molar-refractivity contribution in [2.45, 2.75) is 19.9 Å². The van der Waals surface area contributed by atoms with E-state index in [-0.39, 0.29) is 17.6 Å². The van der Waals surface area contributed by atoms with Gasteiger partial charge in [0.15, 0.2) is 0 Å². The number of benzene rings is 1. The van der Waals surface area contributed by atoms with E-state index < -0.39 is 0 Å². The number of carbonyl (C=O) groups excluding carboxylic acids is 1. The van der Waals surface area contributed by atoms with Crippen LogP contribution in [-0.2, 0) is 0 Å². The second-order valence-corrected chi connectivity index (χ2v) is 4.94. The largest absolute Gasteiger partial charge is 0.369 e. The minimum absolute atomic E-state index is 0.212. The van der Waals surface area contributed by atoms with Gasteiger partial charge in [0.25, 0.3) is 5.91 Å². The Labute approximate surface area is 128 Å². The third-order valence-electron chi connectivity index (χ3n) is 2.94. The Kier molecular flexibility index (Phi) is 5.11. The van der Waals surface area contributed by atoms with E-state index >= 15 is 0 Å². The van der Waals surface area contributed by atoms with Gasteiger partial charge in [-0.3, -0.25) is 9.78 Å². The van der Waals surface area contributed by atoms with E-state index in [1.807, 2.05) is 32.0 Å². The maximum absolute atomic E-state index is 12.2. The van der Waals surface area contributed by atoms with Crippen LogP contribution in [0.25, 0.3) is 0 Å². The molecular weight excluding hydrogens is 288 g/mol. The molecule has 2 rings (SSSR count). The van der Waals surface area contributed by atoms with Gasteiger partial charge in [-0.25, -0.2) is 4.98 Å². The lowest BCUT2D eigenvalue weighted by atomic mass is 10.1. The third-order valence-corrected chi connectivity index (χ3v) is 3.29. The third kappa shape index (κ3) is 3.92. The Morgan fingerprint density at radius 1 is 1.33 bits per heavy atom. The predicted octanol–water partition coefficient (Wildman–Crippen LogP) is 3.05. The van der Waals surface area contributed by atoms with Gasteiger partial charge in [-0.15, -0.1) is 0 Å². The molecule has 0 radical (unpaired) electrons. The molecule has 5 nitrogen and oxygen atoms in total. The summed E-state index contributed by atoms with van der Waals surface area (Å²) in [6.07, 6.45) is 3.02. The highest BCUT2D eigenvalue weighted by Gasteiger charge is 2.15. The molecule has 0 saturated carbocycles. The SMILES string of the molecule is CCNc1cncc(C(=O)NC(C)c2ccccc2Cl)n1. The number of hydrogen-bond donors (Lipinski definition) is 2. The number of carbonyl (C=O) groups is 1. The van der Waals surface area contributed by atoms with Crippen LogP contribution in [0.4, 0.5) is 5.82 Å². The number of nitrogens with one attached hydrogen (secondary N) is 2. The zero-order valence-corrected chi connectivity index (χ0v) is 12.7. The summed E-state index contributed by atoms with van der Waals surface area (Å²) in [6.45, 7) is 4.55. The number of amides is 1. The molecule has 1 aromatic carbocycles. The fourth-order valence-electron chi connectivity index (χ4n) is 1.92. The van der Waals surface area contributed by atoms with Gasteiger partial charge in [0.1, 0.15) is 11.5 Å². The van der Waals surface area contributed by atoms with Crippen LogP contribution in [0.5, 0.6) is 0 Å². The smallest absolute Gasteiger partial charge is 0.272 e. The maximum atomic E-state index is 12.2. The van der Waals surface area contributed by atoms with Crippen molar-refractivity contribution in [2.24, 2.45) is 0 Å². The summed E-state index contributed by atoms with van der Waals surface area (Å²) >= 11 is 6.13. The van der Waals surface area contributed by atoms with Crippen LogP contribution in [0.1, 0.15) is 35.9 Å². The first kappa shape index (κ1) is 15.3. The molecule has 1 unspecified atom stereocenters. The quantitative estimate of drug-likeness (QED) is 0.891. The minimum atomic E-state index is -0.283. The lowest BCUT2D eigenvalue weighted by Gasteiger charge is -2.15. The monoisotopic (exact) mass is 304 g/mol. The number of aromatic nitrogens is 2. The van der Waals surface area contributed by atoms with Crippen LogP contribution >= 0.6 is 11.6 Å². The highest BCUT2D eigenvalue weighted by Crippen LogP contribution is 2.22. The molecule has 2 aromatic rings. The average Bonchev–Trinajstić information content (AvgIpc) is 2.48. The Morgan fingerprint density at radius 2 is 2.10 bits per heavy atom. The molecule has 0 aliphatic carbocycles. The van der Waals surface area contributed by atoms with E-state index in [0.29, 0.717) is 10.8 Å². The molecule has 0 spiro atoms. The highest BCUT2D eigenvalue weighted by molar-refractivity contribution is 6.31. The van der Waals surface area contributed by atoms with Gasteiger partial charge in [0, 0.05) is 11.6 Å². The van der Waals surface area contributed by atoms with Gasteiger partial charge in [-0.1, -0.05) is 29.8 Å². The van der Waals surface area contributed by atoms with E-state index in [9.17, 15) is 4.79 Å². The number of anilines is 1. The molecule has 1 atom stereocenters. The lowest BCUT2D eigenvalue weighted by molar-refractivity contribution is 0.0934. The Balaban J connectivity index is 2.11. The van der Waals surface area contributed by atoms with Crippen molar-refractivity contribution in [3.8, 4) is 0 Å². The second kappa shape index (κ2) is 7.04. The first-order valence-electron chi connectivity index (χ1n) is 6.73. The summed E-state index contributed by atoms with van der Waals surface area (Å²) in [5.74, 6) is 0.296. The van der Waals surface area contributed by atoms with E-state index in [0.717, 1.165) is 12.1 Å². The molecule has 110 valence electrons. The number of hydrogen-bond acceptors (Lipinski definition) is 4.